The first-order valence-electron chi connectivity index (χ1n) is 11.7. The highest BCUT2D eigenvalue weighted by molar-refractivity contribution is 6.10. The van der Waals surface area contributed by atoms with Crippen molar-refractivity contribution in [2.75, 3.05) is 19.4 Å². The summed E-state index contributed by atoms with van der Waals surface area (Å²) in [6.07, 6.45) is 2.95. The van der Waals surface area contributed by atoms with Crippen molar-refractivity contribution in [1.29, 1.82) is 0 Å². The zero-order valence-corrected chi connectivity index (χ0v) is 20.4. The molecule has 6 rings (SSSR count). The number of benzene rings is 2. The van der Waals surface area contributed by atoms with E-state index in [-0.39, 0.29) is 23.6 Å². The van der Waals surface area contributed by atoms with Crippen LogP contribution in [0.2, 0.25) is 0 Å². The highest BCUT2D eigenvalue weighted by Crippen LogP contribution is 2.37. The Morgan fingerprint density at radius 2 is 2.03 bits per heavy atom. The highest BCUT2D eigenvalue weighted by Gasteiger charge is 2.32. The predicted molar refractivity (Wildman–Crippen MR) is 137 cm³/mol. The third-order valence-electron chi connectivity index (χ3n) is 6.68. The maximum atomic E-state index is 15.1. The number of anilines is 1. The van der Waals surface area contributed by atoms with E-state index in [2.05, 4.69) is 26.9 Å². The van der Waals surface area contributed by atoms with Crippen LogP contribution in [0.15, 0.2) is 54.9 Å². The summed E-state index contributed by atoms with van der Waals surface area (Å²) in [5, 5.41) is 5.43. The number of halogens is 2. The normalized spacial score (nSPS) is 14.2. The first-order chi connectivity index (χ1) is 18.3. The van der Waals surface area contributed by atoms with Crippen LogP contribution in [0.25, 0.3) is 21.8 Å². The van der Waals surface area contributed by atoms with Crippen LogP contribution in [-0.2, 0) is 7.05 Å². The maximum Gasteiger partial charge on any atom is 0.257 e. The first kappa shape index (κ1) is 23.4. The van der Waals surface area contributed by atoms with Gasteiger partial charge < -0.3 is 15.4 Å². The fourth-order valence-corrected chi connectivity index (χ4v) is 4.68. The summed E-state index contributed by atoms with van der Waals surface area (Å²) in [6, 6.07) is 10.7. The van der Waals surface area contributed by atoms with Gasteiger partial charge >= 0.3 is 0 Å². The third-order valence-corrected chi connectivity index (χ3v) is 6.68. The lowest BCUT2D eigenvalue weighted by molar-refractivity contribution is 0.0704. The van der Waals surface area contributed by atoms with E-state index in [0.29, 0.717) is 33.1 Å². The van der Waals surface area contributed by atoms with Gasteiger partial charge in [0.2, 0.25) is 5.95 Å². The highest BCUT2D eigenvalue weighted by atomic mass is 19.1. The van der Waals surface area contributed by atoms with Crippen molar-refractivity contribution in [3.63, 3.8) is 0 Å². The molecule has 0 saturated carbocycles. The average Bonchev–Trinajstić information content (AvgIpc) is 3.51. The number of likely N-dealkylation sites (N-methyl/N-ethyl adjacent to an activating group) is 1. The van der Waals surface area contributed by atoms with Crippen molar-refractivity contribution in [2.24, 2.45) is 7.05 Å². The molecule has 0 unspecified atom stereocenters. The lowest BCUT2D eigenvalue weighted by atomic mass is 10.0. The Morgan fingerprint density at radius 3 is 2.84 bits per heavy atom. The number of rotatable bonds is 2. The number of amides is 1. The van der Waals surface area contributed by atoms with E-state index in [1.165, 1.54) is 23.2 Å². The van der Waals surface area contributed by atoms with Crippen LogP contribution in [-0.4, -0.2) is 44.2 Å². The molecule has 0 spiro atoms. The molecular weight excluding hydrogens is 490 g/mol. The SMILES string of the molecule is CN(C(=O)c1cc2c(cc1F)nc(N)c1cnn(C)c12)[C@@H]1COc2cc(C#Cc3cccnc3F)ccc21. The minimum Gasteiger partial charge on any atom is -0.491 e. The van der Waals surface area contributed by atoms with Crippen LogP contribution in [0, 0.1) is 23.6 Å². The molecule has 2 aromatic carbocycles. The van der Waals surface area contributed by atoms with Crippen molar-refractivity contribution in [2.45, 2.75) is 6.04 Å². The van der Waals surface area contributed by atoms with Crippen LogP contribution in [0.1, 0.15) is 33.1 Å². The van der Waals surface area contributed by atoms with Crippen LogP contribution < -0.4 is 10.5 Å². The first-order valence-corrected chi connectivity index (χ1v) is 11.7. The number of aryl methyl sites for hydroxylation is 1. The van der Waals surface area contributed by atoms with Gasteiger partial charge in [0.15, 0.2) is 0 Å². The van der Waals surface area contributed by atoms with Gasteiger partial charge in [-0.1, -0.05) is 17.9 Å². The second-order valence-corrected chi connectivity index (χ2v) is 8.96. The summed E-state index contributed by atoms with van der Waals surface area (Å²) in [5.74, 6) is 4.63. The van der Waals surface area contributed by atoms with Gasteiger partial charge in [0.25, 0.3) is 5.91 Å². The smallest absolute Gasteiger partial charge is 0.257 e. The predicted octanol–water partition coefficient (Wildman–Crippen LogP) is 3.98. The molecule has 0 bridgehead atoms. The lowest BCUT2D eigenvalue weighted by Gasteiger charge is -2.24. The summed E-state index contributed by atoms with van der Waals surface area (Å²) >= 11 is 0. The summed E-state index contributed by atoms with van der Waals surface area (Å²) in [6.45, 7) is 0.199. The van der Waals surface area contributed by atoms with Crippen LogP contribution >= 0.6 is 0 Å². The van der Waals surface area contributed by atoms with E-state index >= 15 is 4.39 Å². The molecule has 0 fully saturated rings. The Kier molecular flexibility index (Phi) is 5.42. The molecule has 4 heterocycles. The summed E-state index contributed by atoms with van der Waals surface area (Å²) in [7, 11) is 3.35. The molecule has 38 heavy (non-hydrogen) atoms. The molecule has 8 nitrogen and oxygen atoms in total. The number of hydrogen-bond donors (Lipinski definition) is 1. The Balaban J connectivity index is 1.31. The Labute approximate surface area is 215 Å². The molecule has 5 aromatic rings. The molecule has 0 saturated heterocycles. The van der Waals surface area contributed by atoms with E-state index in [1.807, 2.05) is 6.07 Å². The summed E-state index contributed by atoms with van der Waals surface area (Å²) in [5.41, 5.74) is 8.51. The topological polar surface area (TPSA) is 99.2 Å². The molecule has 2 N–H and O–H groups in total. The number of pyridine rings is 2. The minimum atomic E-state index is -0.699. The second kappa shape index (κ2) is 8.81. The molecule has 0 radical (unpaired) electrons. The standard InChI is InChI=1S/C28H20F2N6O2/c1-35(23-14-38-24-10-15(6-8-17(23)24)5-7-16-4-3-9-32-26(16)30)28(37)18-11-19-22(12-21(18)29)34-27(31)20-13-33-36(2)25(19)20/h3-4,6,8-13,23H,14H2,1-2H3,(H2,31,34)/t23-/m1/s1. The van der Waals surface area contributed by atoms with Crippen molar-refractivity contribution in [3.05, 3.63) is 88.9 Å². The zero-order chi connectivity index (χ0) is 26.6. The lowest BCUT2D eigenvalue weighted by Crippen LogP contribution is -2.32. The Hall–Kier alpha value is -5.04. The number of nitrogen functional groups attached to an aromatic ring is 1. The number of carbonyl (C=O) groups is 1. The second-order valence-electron chi connectivity index (χ2n) is 8.96. The Morgan fingerprint density at radius 1 is 1.18 bits per heavy atom. The molecule has 10 heteroatoms. The summed E-state index contributed by atoms with van der Waals surface area (Å²) in [4.78, 5) is 22.8. The van der Waals surface area contributed by atoms with Gasteiger partial charge in [0.1, 0.15) is 24.0 Å². The number of nitrogens with zero attached hydrogens (tertiary/aromatic N) is 5. The van der Waals surface area contributed by atoms with Crippen molar-refractivity contribution in [1.82, 2.24) is 24.6 Å². The van der Waals surface area contributed by atoms with Gasteiger partial charge in [0.05, 0.1) is 39.8 Å². The molecule has 1 atom stereocenters. The summed E-state index contributed by atoms with van der Waals surface area (Å²) < 4.78 is 36.4. The number of carbonyl (C=O) groups excluding carboxylic acids is 1. The quantitative estimate of drug-likeness (QED) is 0.285. The van der Waals surface area contributed by atoms with Gasteiger partial charge in [-0.2, -0.15) is 9.49 Å². The zero-order valence-electron chi connectivity index (χ0n) is 20.4. The number of hydrogen-bond acceptors (Lipinski definition) is 6. The van der Waals surface area contributed by atoms with Crippen molar-refractivity contribution >= 4 is 33.5 Å². The number of ether oxygens (including phenoxy) is 1. The van der Waals surface area contributed by atoms with E-state index in [1.54, 1.807) is 49.2 Å². The van der Waals surface area contributed by atoms with Gasteiger partial charge in [-0.15, -0.1) is 0 Å². The van der Waals surface area contributed by atoms with Gasteiger partial charge in [0, 0.05) is 42.9 Å². The molecule has 1 aliphatic heterocycles. The molecule has 1 aliphatic rings. The van der Waals surface area contributed by atoms with Gasteiger partial charge in [-0.25, -0.2) is 14.4 Å². The van der Waals surface area contributed by atoms with Crippen molar-refractivity contribution < 1.29 is 18.3 Å². The van der Waals surface area contributed by atoms with E-state index in [9.17, 15) is 9.18 Å². The van der Waals surface area contributed by atoms with E-state index in [0.717, 1.165) is 5.56 Å². The number of aromatic nitrogens is 4. The third kappa shape index (κ3) is 3.76. The minimum absolute atomic E-state index is 0.0940. The van der Waals surface area contributed by atoms with Crippen LogP contribution in [0.3, 0.4) is 0 Å². The van der Waals surface area contributed by atoms with E-state index < -0.39 is 23.7 Å². The Bertz CT molecular complexity index is 1840. The average molecular weight is 511 g/mol. The largest absolute Gasteiger partial charge is 0.491 e. The van der Waals surface area contributed by atoms with E-state index in [4.69, 9.17) is 10.5 Å². The number of nitrogens with two attached hydrogens (primary N) is 1. The van der Waals surface area contributed by atoms with Gasteiger partial charge in [-0.05, 0) is 30.3 Å². The molecule has 188 valence electrons. The molecule has 1 amide bonds. The van der Waals surface area contributed by atoms with Crippen LogP contribution in [0.4, 0.5) is 14.6 Å². The molecule has 3 aromatic heterocycles. The molecule has 0 aliphatic carbocycles. The fourth-order valence-electron chi connectivity index (χ4n) is 4.68. The van der Waals surface area contributed by atoms with Gasteiger partial charge in [-0.3, -0.25) is 9.48 Å². The molecular formula is C28H20F2N6O2. The monoisotopic (exact) mass is 510 g/mol. The maximum absolute atomic E-state index is 15.1. The van der Waals surface area contributed by atoms with Crippen LogP contribution in [0.5, 0.6) is 5.75 Å². The fraction of sp³-hybridized carbons (Fsp3) is 0.143. The number of fused-ring (bicyclic) bond motifs is 4. The van der Waals surface area contributed by atoms with Crippen molar-refractivity contribution in [3.8, 4) is 17.6 Å².